The van der Waals surface area contributed by atoms with E-state index in [2.05, 4.69) is 5.32 Å². The molecule has 1 aliphatic rings. The normalized spacial score (nSPS) is 16.8. The van der Waals surface area contributed by atoms with E-state index in [0.29, 0.717) is 34.1 Å². The summed E-state index contributed by atoms with van der Waals surface area (Å²) in [6, 6.07) is 25.6. The van der Waals surface area contributed by atoms with Crippen LogP contribution in [0.3, 0.4) is 0 Å². The molecule has 2 atom stereocenters. The zero-order chi connectivity index (χ0) is 28.9. The number of anilines is 2. The quantitative estimate of drug-likeness (QED) is 0.231. The predicted octanol–water partition coefficient (Wildman–Crippen LogP) is 7.21. The van der Waals surface area contributed by atoms with Crippen LogP contribution >= 0.6 is 0 Å². The Morgan fingerprint density at radius 1 is 0.756 bits per heavy atom. The Morgan fingerprint density at radius 2 is 1.29 bits per heavy atom. The first-order valence-electron chi connectivity index (χ1n) is 13.1. The molecule has 1 N–H and O–H groups in total. The van der Waals surface area contributed by atoms with Crippen LogP contribution < -0.4 is 19.7 Å². The van der Waals surface area contributed by atoms with Gasteiger partial charge in [0, 0.05) is 34.6 Å². The lowest BCUT2D eigenvalue weighted by Gasteiger charge is -2.46. The number of esters is 1. The van der Waals surface area contributed by atoms with Gasteiger partial charge in [0.2, 0.25) is 0 Å². The number of ether oxygens (including phenoxy) is 3. The molecule has 41 heavy (non-hydrogen) atoms. The van der Waals surface area contributed by atoms with Crippen LogP contribution in [0.1, 0.15) is 29.6 Å². The van der Waals surface area contributed by atoms with Gasteiger partial charge < -0.3 is 24.4 Å². The minimum Gasteiger partial charge on any atom is -0.497 e. The average molecular weight is 557 g/mol. The molecule has 0 aromatic heterocycles. The van der Waals surface area contributed by atoms with Gasteiger partial charge in [-0.05, 0) is 60.7 Å². The fourth-order valence-corrected chi connectivity index (χ4v) is 5.29. The molecule has 210 valence electrons. The molecule has 0 spiro atoms. The molecule has 0 bridgehead atoms. The summed E-state index contributed by atoms with van der Waals surface area (Å²) in [5, 5.41) is 3.36. The summed E-state index contributed by atoms with van der Waals surface area (Å²) in [6.07, 6.45) is 0.203. The van der Waals surface area contributed by atoms with E-state index in [0.717, 1.165) is 0 Å². The van der Waals surface area contributed by atoms with Crippen molar-refractivity contribution in [1.82, 2.24) is 0 Å². The van der Waals surface area contributed by atoms with Gasteiger partial charge in [-0.1, -0.05) is 36.4 Å². The van der Waals surface area contributed by atoms with E-state index in [4.69, 9.17) is 14.2 Å². The topological polar surface area (TPSA) is 60.0 Å². The monoisotopic (exact) mass is 556 g/mol. The van der Waals surface area contributed by atoms with Gasteiger partial charge in [0.25, 0.3) is 0 Å². The van der Waals surface area contributed by atoms with Gasteiger partial charge in [-0.15, -0.1) is 0 Å². The lowest BCUT2D eigenvalue weighted by atomic mass is 9.83. The lowest BCUT2D eigenvalue weighted by molar-refractivity contribution is -0.136. The standard InChI is InChI=1S/C33H30F2N2O4/c1-39-23-16-12-21(13-17-23)36-29-20-30(25-8-4-6-10-27(25)34)37(22-14-18-24(40-2)19-15-22)32(31(29)33(38)41-3)26-9-5-7-11-28(26)35/h4-19,30,32,36H,20H2,1-3H3/t30-,32+/m0/s1. The van der Waals surface area contributed by atoms with Crippen molar-refractivity contribution in [2.45, 2.75) is 18.5 Å². The van der Waals surface area contributed by atoms with Crippen molar-refractivity contribution in [3.8, 4) is 11.5 Å². The van der Waals surface area contributed by atoms with E-state index in [9.17, 15) is 4.79 Å². The summed E-state index contributed by atoms with van der Waals surface area (Å²) in [7, 11) is 4.43. The van der Waals surface area contributed by atoms with E-state index in [1.807, 2.05) is 29.2 Å². The number of methoxy groups -OCH3 is 3. The maximum atomic E-state index is 15.6. The molecule has 8 heteroatoms. The molecule has 0 unspecified atom stereocenters. The molecular weight excluding hydrogens is 526 g/mol. The number of benzene rings is 4. The summed E-state index contributed by atoms with van der Waals surface area (Å²) < 4.78 is 47.0. The van der Waals surface area contributed by atoms with Gasteiger partial charge in [-0.3, -0.25) is 0 Å². The summed E-state index contributed by atoms with van der Waals surface area (Å²) in [6.45, 7) is 0. The second-order valence-corrected chi connectivity index (χ2v) is 9.51. The van der Waals surface area contributed by atoms with E-state index in [1.54, 1.807) is 74.9 Å². The van der Waals surface area contributed by atoms with E-state index >= 15 is 8.78 Å². The number of carbonyl (C=O) groups excluding carboxylic acids is 1. The molecule has 6 nitrogen and oxygen atoms in total. The van der Waals surface area contributed by atoms with Gasteiger partial charge in [-0.2, -0.15) is 0 Å². The van der Waals surface area contributed by atoms with Crippen LogP contribution in [0.15, 0.2) is 108 Å². The third-order valence-electron chi connectivity index (χ3n) is 7.24. The number of nitrogens with one attached hydrogen (secondary N) is 1. The number of hydrogen-bond acceptors (Lipinski definition) is 6. The molecule has 0 amide bonds. The van der Waals surface area contributed by atoms with Crippen molar-refractivity contribution in [1.29, 1.82) is 0 Å². The number of carbonyl (C=O) groups is 1. The van der Waals surface area contributed by atoms with E-state index in [1.165, 1.54) is 19.2 Å². The van der Waals surface area contributed by atoms with Gasteiger partial charge >= 0.3 is 5.97 Å². The number of hydrogen-bond donors (Lipinski definition) is 1. The molecule has 0 saturated heterocycles. The molecule has 4 aromatic carbocycles. The summed E-state index contributed by atoms with van der Waals surface area (Å²) in [5.41, 5.74) is 2.70. The Balaban J connectivity index is 1.78. The summed E-state index contributed by atoms with van der Waals surface area (Å²) in [5.74, 6) is -0.245. The highest BCUT2D eigenvalue weighted by molar-refractivity contribution is 5.93. The van der Waals surface area contributed by atoms with Crippen LogP contribution in [-0.2, 0) is 9.53 Å². The molecule has 1 heterocycles. The molecule has 0 saturated carbocycles. The lowest BCUT2D eigenvalue weighted by Crippen LogP contribution is -2.42. The van der Waals surface area contributed by atoms with Crippen LogP contribution in [-0.4, -0.2) is 27.3 Å². The smallest absolute Gasteiger partial charge is 0.337 e. The molecule has 0 radical (unpaired) electrons. The molecular formula is C33H30F2N2O4. The van der Waals surface area contributed by atoms with Crippen LogP contribution in [0.5, 0.6) is 11.5 Å². The van der Waals surface area contributed by atoms with Crippen molar-refractivity contribution in [3.05, 3.63) is 131 Å². The second kappa shape index (κ2) is 12.1. The minimum absolute atomic E-state index is 0.203. The van der Waals surface area contributed by atoms with Gasteiger partial charge in [-0.25, -0.2) is 13.6 Å². The van der Waals surface area contributed by atoms with Crippen molar-refractivity contribution >= 4 is 17.3 Å². The number of rotatable bonds is 8. The van der Waals surface area contributed by atoms with Crippen molar-refractivity contribution in [2.24, 2.45) is 0 Å². The van der Waals surface area contributed by atoms with Crippen molar-refractivity contribution in [3.63, 3.8) is 0 Å². The maximum absolute atomic E-state index is 15.6. The first kappa shape index (κ1) is 27.7. The van der Waals surface area contributed by atoms with Crippen molar-refractivity contribution in [2.75, 3.05) is 31.5 Å². The fourth-order valence-electron chi connectivity index (χ4n) is 5.29. The number of nitrogens with zero attached hydrogens (tertiary/aromatic N) is 1. The van der Waals surface area contributed by atoms with Crippen LogP contribution in [0.4, 0.5) is 20.2 Å². The van der Waals surface area contributed by atoms with E-state index < -0.39 is 29.7 Å². The highest BCUT2D eigenvalue weighted by Gasteiger charge is 2.43. The van der Waals surface area contributed by atoms with E-state index in [-0.39, 0.29) is 17.6 Å². The Labute approximate surface area is 237 Å². The fraction of sp³-hybridized carbons (Fsp3) is 0.182. The zero-order valence-electron chi connectivity index (χ0n) is 22.9. The van der Waals surface area contributed by atoms with Crippen molar-refractivity contribution < 1.29 is 27.8 Å². The SMILES string of the molecule is COC(=O)C1=C(Nc2ccc(OC)cc2)C[C@@H](c2ccccc2F)N(c2ccc(OC)cc2)[C@@H]1c1ccccc1F. The van der Waals surface area contributed by atoms with Crippen LogP contribution in [0.25, 0.3) is 0 Å². The third kappa shape index (κ3) is 5.59. The predicted molar refractivity (Wildman–Crippen MR) is 154 cm³/mol. The van der Waals surface area contributed by atoms with Gasteiger partial charge in [0.1, 0.15) is 23.1 Å². The molecule has 1 aliphatic heterocycles. The van der Waals surface area contributed by atoms with Gasteiger partial charge in [0.15, 0.2) is 0 Å². The average Bonchev–Trinajstić information content (AvgIpc) is 3.01. The summed E-state index contributed by atoms with van der Waals surface area (Å²) >= 11 is 0. The third-order valence-corrected chi connectivity index (χ3v) is 7.24. The largest absolute Gasteiger partial charge is 0.497 e. The first-order chi connectivity index (χ1) is 19.9. The highest BCUT2D eigenvalue weighted by atomic mass is 19.1. The Morgan fingerprint density at radius 3 is 1.83 bits per heavy atom. The second-order valence-electron chi connectivity index (χ2n) is 9.51. The Bertz CT molecular complexity index is 1550. The molecule has 4 aromatic rings. The minimum atomic E-state index is -0.962. The Kier molecular flexibility index (Phi) is 8.19. The molecule has 5 rings (SSSR count). The maximum Gasteiger partial charge on any atom is 0.337 e. The molecule has 0 aliphatic carbocycles. The number of halogens is 2. The van der Waals surface area contributed by atoms with Gasteiger partial charge in [0.05, 0.1) is 39.0 Å². The zero-order valence-corrected chi connectivity index (χ0v) is 22.9. The summed E-state index contributed by atoms with van der Waals surface area (Å²) in [4.78, 5) is 15.4. The van der Waals surface area contributed by atoms with Crippen LogP contribution in [0, 0.1) is 11.6 Å². The Hall–Kier alpha value is -4.85. The first-order valence-corrected chi connectivity index (χ1v) is 13.1. The molecule has 0 fully saturated rings. The van der Waals surface area contributed by atoms with Crippen LogP contribution in [0.2, 0.25) is 0 Å². The highest BCUT2D eigenvalue weighted by Crippen LogP contribution is 2.49.